The highest BCUT2D eigenvalue weighted by Gasteiger charge is 2.23. The van der Waals surface area contributed by atoms with Crippen LogP contribution in [0.3, 0.4) is 0 Å². The smallest absolute Gasteiger partial charge is 0.312 e. The van der Waals surface area contributed by atoms with Gasteiger partial charge in [0, 0.05) is 11.4 Å². The predicted molar refractivity (Wildman–Crippen MR) is 65.0 cm³/mol. The molecule has 2 aromatic rings. The second-order valence-corrected chi connectivity index (χ2v) is 5.00. The minimum Gasteiger partial charge on any atom is -0.312 e. The molecule has 1 aliphatic heterocycles. The maximum absolute atomic E-state index is 11.6. The minimum absolute atomic E-state index is 0.402. The third-order valence-electron chi connectivity index (χ3n) is 2.91. The molecule has 0 spiro atoms. The van der Waals surface area contributed by atoms with E-state index >= 15 is 0 Å². The Hall–Kier alpha value is -2.11. The van der Waals surface area contributed by atoms with Crippen LogP contribution < -0.4 is 16.7 Å². The average Bonchev–Trinajstić information content (AvgIpc) is 2.89. The van der Waals surface area contributed by atoms with Crippen molar-refractivity contribution in [2.24, 2.45) is 0 Å². The van der Waals surface area contributed by atoms with Gasteiger partial charge in [0.2, 0.25) is 0 Å². The molecule has 0 saturated heterocycles. The summed E-state index contributed by atoms with van der Waals surface area (Å²) in [6.07, 6.45) is 0.742. The zero-order valence-electron chi connectivity index (χ0n) is 9.24. The number of hydrogen-bond acceptors (Lipinski definition) is 5. The molecule has 7 nitrogen and oxygen atoms in total. The van der Waals surface area contributed by atoms with E-state index in [1.54, 1.807) is 0 Å². The van der Waals surface area contributed by atoms with Gasteiger partial charge in [-0.1, -0.05) is 0 Å². The Morgan fingerprint density at radius 2 is 2.00 bits per heavy atom. The van der Waals surface area contributed by atoms with Crippen LogP contribution in [0, 0.1) is 11.3 Å². The fraction of sp³-hybridized carbons (Fsp3) is 0.300. The van der Waals surface area contributed by atoms with Gasteiger partial charge in [-0.2, -0.15) is 5.26 Å². The molecule has 2 aromatic heterocycles. The maximum Gasteiger partial charge on any atom is 0.349 e. The summed E-state index contributed by atoms with van der Waals surface area (Å²) in [6, 6.07) is 2.10. The molecule has 3 rings (SSSR count). The highest BCUT2D eigenvalue weighted by Crippen LogP contribution is 2.31. The number of fused-ring (bicyclic) bond motifs is 1. The van der Waals surface area contributed by atoms with Gasteiger partial charge in [0.15, 0.2) is 0 Å². The Bertz CT molecular complexity index is 729. The van der Waals surface area contributed by atoms with Crippen molar-refractivity contribution >= 4 is 11.3 Å². The molecule has 1 aliphatic rings. The molecule has 0 saturated carbocycles. The van der Waals surface area contributed by atoms with Gasteiger partial charge in [0.05, 0.1) is 5.56 Å². The summed E-state index contributed by atoms with van der Waals surface area (Å²) in [5.41, 5.74) is 0.276. The summed E-state index contributed by atoms with van der Waals surface area (Å²) in [5, 5.41) is 17.3. The van der Waals surface area contributed by atoms with Crippen molar-refractivity contribution < 1.29 is 0 Å². The number of hydrogen-bond donors (Lipinski definition) is 3. The van der Waals surface area contributed by atoms with Crippen LogP contribution in [0.15, 0.2) is 9.59 Å². The summed E-state index contributed by atoms with van der Waals surface area (Å²) in [5.74, 6) is 0. The Kier molecular flexibility index (Phi) is 2.43. The van der Waals surface area contributed by atoms with E-state index in [0.29, 0.717) is 17.1 Å². The van der Waals surface area contributed by atoms with E-state index in [0.717, 1.165) is 28.0 Å². The van der Waals surface area contributed by atoms with Crippen LogP contribution in [0.25, 0.3) is 5.00 Å². The molecule has 3 heterocycles. The first kappa shape index (κ1) is 11.0. The monoisotopic (exact) mass is 263 g/mol. The quantitative estimate of drug-likeness (QED) is 0.640. The molecule has 0 aliphatic carbocycles. The molecular weight excluding hydrogens is 254 g/mol. The fourth-order valence-electron chi connectivity index (χ4n) is 2.09. The lowest BCUT2D eigenvalue weighted by Gasteiger charge is -2.11. The number of H-pyrrole nitrogens is 2. The summed E-state index contributed by atoms with van der Waals surface area (Å²) in [7, 11) is 0. The molecule has 0 unspecified atom stereocenters. The number of thiophene rings is 1. The van der Waals surface area contributed by atoms with Crippen molar-refractivity contribution in [1.29, 1.82) is 5.26 Å². The van der Waals surface area contributed by atoms with E-state index in [2.05, 4.69) is 21.6 Å². The van der Waals surface area contributed by atoms with Crippen molar-refractivity contribution in [2.75, 3.05) is 6.54 Å². The van der Waals surface area contributed by atoms with Gasteiger partial charge in [-0.15, -0.1) is 11.3 Å². The number of aromatic nitrogens is 3. The molecule has 0 bridgehead atoms. The molecule has 3 N–H and O–H groups in total. The Balaban J connectivity index is 2.31. The first-order valence-electron chi connectivity index (χ1n) is 5.38. The van der Waals surface area contributed by atoms with Gasteiger partial charge in [-0.3, -0.25) is 0 Å². The van der Waals surface area contributed by atoms with Crippen LogP contribution in [-0.2, 0) is 13.0 Å². The van der Waals surface area contributed by atoms with E-state index in [1.807, 2.05) is 0 Å². The molecule has 0 radical (unpaired) electrons. The first-order chi connectivity index (χ1) is 8.72. The van der Waals surface area contributed by atoms with Gasteiger partial charge in [0.1, 0.15) is 11.1 Å². The predicted octanol–water partition coefficient (Wildman–Crippen LogP) is -0.567. The zero-order valence-corrected chi connectivity index (χ0v) is 10.1. The van der Waals surface area contributed by atoms with Crippen molar-refractivity contribution in [3.63, 3.8) is 0 Å². The van der Waals surface area contributed by atoms with Crippen LogP contribution in [0.4, 0.5) is 0 Å². The Labute approximate surface area is 105 Å². The fourth-order valence-corrected chi connectivity index (χ4v) is 3.35. The Morgan fingerprint density at radius 1 is 1.28 bits per heavy atom. The number of aromatic amines is 2. The lowest BCUT2D eigenvalue weighted by Crippen LogP contribution is -2.24. The number of nitrogens with zero attached hydrogens (tertiary/aromatic N) is 2. The molecule has 0 amide bonds. The lowest BCUT2D eigenvalue weighted by molar-refractivity contribution is 0.653. The molecule has 18 heavy (non-hydrogen) atoms. The summed E-state index contributed by atoms with van der Waals surface area (Å²) in [4.78, 5) is 24.2. The number of nitrogens with one attached hydrogen (secondary N) is 3. The molecule has 0 aromatic carbocycles. The van der Waals surface area contributed by atoms with Gasteiger partial charge < -0.3 is 5.32 Å². The second kappa shape index (κ2) is 3.97. The van der Waals surface area contributed by atoms with Crippen LogP contribution in [0.2, 0.25) is 0 Å². The topological polar surface area (TPSA) is 106 Å². The Morgan fingerprint density at radius 3 is 2.67 bits per heavy atom. The first-order valence-corrected chi connectivity index (χ1v) is 6.19. The minimum atomic E-state index is -0.553. The summed E-state index contributed by atoms with van der Waals surface area (Å²) < 4.78 is 0.974. The van der Waals surface area contributed by atoms with Crippen LogP contribution in [0.1, 0.15) is 16.0 Å². The van der Waals surface area contributed by atoms with E-state index in [1.165, 1.54) is 11.3 Å². The van der Waals surface area contributed by atoms with Crippen LogP contribution in [0.5, 0.6) is 0 Å². The number of rotatable bonds is 1. The van der Waals surface area contributed by atoms with Crippen molar-refractivity contribution in [2.45, 2.75) is 13.0 Å². The third-order valence-corrected chi connectivity index (χ3v) is 4.12. The van der Waals surface area contributed by atoms with Gasteiger partial charge in [-0.25, -0.2) is 24.4 Å². The summed E-state index contributed by atoms with van der Waals surface area (Å²) in [6.45, 7) is 1.47. The van der Waals surface area contributed by atoms with Crippen LogP contribution in [-0.4, -0.2) is 21.3 Å². The molecule has 8 heteroatoms. The van der Waals surface area contributed by atoms with E-state index < -0.39 is 11.4 Å². The molecule has 0 fully saturated rings. The standard InChI is InChI=1S/C10H9N5O2S/c11-3-6-5-1-2-12-4-7(5)18-8(6)15-9(16)13-14-10(15)17/h12H,1-2,4H2,(H,13,16)(H,14,17). The van der Waals surface area contributed by atoms with E-state index in [9.17, 15) is 14.9 Å². The largest absolute Gasteiger partial charge is 0.349 e. The average molecular weight is 263 g/mol. The van der Waals surface area contributed by atoms with Crippen molar-refractivity contribution in [3.8, 4) is 11.1 Å². The SMILES string of the molecule is N#Cc1c(-n2c(=O)[nH][nH]c2=O)sc2c1CCNC2. The van der Waals surface area contributed by atoms with Gasteiger partial charge >= 0.3 is 11.4 Å². The molecule has 92 valence electrons. The van der Waals surface area contributed by atoms with Gasteiger partial charge in [-0.05, 0) is 18.5 Å². The summed E-state index contributed by atoms with van der Waals surface area (Å²) >= 11 is 1.31. The van der Waals surface area contributed by atoms with Crippen LogP contribution >= 0.6 is 11.3 Å². The lowest BCUT2D eigenvalue weighted by atomic mass is 10.1. The number of nitriles is 1. The highest BCUT2D eigenvalue weighted by molar-refractivity contribution is 7.15. The normalized spacial score (nSPS) is 14.2. The molecular formula is C10H9N5O2S. The van der Waals surface area contributed by atoms with Crippen molar-refractivity contribution in [1.82, 2.24) is 20.1 Å². The van der Waals surface area contributed by atoms with E-state index in [-0.39, 0.29) is 0 Å². The highest BCUT2D eigenvalue weighted by atomic mass is 32.1. The maximum atomic E-state index is 11.6. The van der Waals surface area contributed by atoms with Gasteiger partial charge in [0.25, 0.3) is 0 Å². The molecule has 0 atom stereocenters. The zero-order chi connectivity index (χ0) is 12.7. The van der Waals surface area contributed by atoms with Crippen molar-refractivity contribution in [3.05, 3.63) is 37.0 Å². The van der Waals surface area contributed by atoms with E-state index in [4.69, 9.17) is 0 Å². The second-order valence-electron chi connectivity index (χ2n) is 3.92. The third kappa shape index (κ3) is 1.45.